The number of thioether (sulfide) groups is 1. The van der Waals surface area contributed by atoms with Crippen LogP contribution in [0.15, 0.2) is 35.8 Å². The lowest BCUT2D eigenvalue weighted by Gasteiger charge is -2.41. The Morgan fingerprint density at radius 3 is 2.83 bits per heavy atom. The summed E-state index contributed by atoms with van der Waals surface area (Å²) in [5, 5.41) is 7.25. The molecule has 2 aromatic rings. The standard InChI is InChI=1S/C18H22N4OS/c1-5-13-6-7-15-14(8-13)12(2)9-18(3,4)22(15)16(23)10-24-17-19-11-20-21-17/h6-9,11H,5,10H2,1-4H3,(H,19,20,21). The lowest BCUT2D eigenvalue weighted by molar-refractivity contribution is -0.116. The summed E-state index contributed by atoms with van der Waals surface area (Å²) in [6, 6.07) is 6.38. The van der Waals surface area contributed by atoms with Gasteiger partial charge in [0.1, 0.15) is 6.33 Å². The van der Waals surface area contributed by atoms with Crippen molar-refractivity contribution in [3.8, 4) is 0 Å². The fourth-order valence-electron chi connectivity index (χ4n) is 3.21. The minimum atomic E-state index is -0.357. The van der Waals surface area contributed by atoms with Crippen LogP contribution in [0.25, 0.3) is 5.57 Å². The Balaban J connectivity index is 1.92. The summed E-state index contributed by atoms with van der Waals surface area (Å²) in [5.41, 5.74) is 4.28. The zero-order valence-electron chi connectivity index (χ0n) is 14.5. The minimum absolute atomic E-state index is 0.0654. The third-order valence-corrected chi connectivity index (χ3v) is 5.12. The van der Waals surface area contributed by atoms with Crippen LogP contribution in [0, 0.1) is 0 Å². The predicted molar refractivity (Wildman–Crippen MR) is 98.1 cm³/mol. The van der Waals surface area contributed by atoms with E-state index in [1.165, 1.54) is 29.2 Å². The summed E-state index contributed by atoms with van der Waals surface area (Å²) in [7, 11) is 0. The number of aromatic nitrogens is 3. The van der Waals surface area contributed by atoms with Gasteiger partial charge in [-0.25, -0.2) is 4.98 Å². The number of benzene rings is 1. The Morgan fingerprint density at radius 2 is 2.17 bits per heavy atom. The molecule has 0 fully saturated rings. The Kier molecular flexibility index (Phi) is 4.49. The van der Waals surface area contributed by atoms with E-state index in [0.717, 1.165) is 17.7 Å². The van der Waals surface area contributed by atoms with Crippen molar-refractivity contribution in [3.63, 3.8) is 0 Å². The molecular weight excluding hydrogens is 320 g/mol. The lowest BCUT2D eigenvalue weighted by Crippen LogP contribution is -2.49. The molecule has 2 heterocycles. The number of fused-ring (bicyclic) bond motifs is 1. The number of aromatic amines is 1. The van der Waals surface area contributed by atoms with E-state index < -0.39 is 0 Å². The summed E-state index contributed by atoms with van der Waals surface area (Å²) in [6.07, 6.45) is 4.61. The van der Waals surface area contributed by atoms with Gasteiger partial charge < -0.3 is 4.90 Å². The fourth-order valence-corrected chi connectivity index (χ4v) is 3.84. The summed E-state index contributed by atoms with van der Waals surface area (Å²) >= 11 is 1.37. The van der Waals surface area contributed by atoms with Crippen LogP contribution in [0.4, 0.5) is 5.69 Å². The Hall–Kier alpha value is -2.08. The quantitative estimate of drug-likeness (QED) is 0.861. The van der Waals surface area contributed by atoms with Crippen LogP contribution in [-0.4, -0.2) is 32.4 Å². The second kappa shape index (κ2) is 6.43. The molecule has 0 bridgehead atoms. The first-order valence-electron chi connectivity index (χ1n) is 8.06. The molecule has 0 spiro atoms. The molecule has 6 heteroatoms. The number of hydrogen-bond acceptors (Lipinski definition) is 4. The van der Waals surface area contributed by atoms with Gasteiger partial charge in [0.2, 0.25) is 5.91 Å². The molecule has 1 aliphatic heterocycles. The van der Waals surface area contributed by atoms with Crippen molar-refractivity contribution in [3.05, 3.63) is 41.7 Å². The van der Waals surface area contributed by atoms with Gasteiger partial charge in [0.05, 0.1) is 17.0 Å². The SMILES string of the molecule is CCc1ccc2c(c1)C(C)=CC(C)(C)N2C(=O)CSc1ncn[nH]1. The molecule has 1 amide bonds. The maximum absolute atomic E-state index is 12.9. The largest absolute Gasteiger partial charge is 0.302 e. The van der Waals surface area contributed by atoms with Crippen LogP contribution < -0.4 is 4.90 Å². The zero-order chi connectivity index (χ0) is 17.3. The molecule has 3 rings (SSSR count). The van der Waals surface area contributed by atoms with Crippen LogP contribution in [0.2, 0.25) is 0 Å². The number of allylic oxidation sites excluding steroid dienone is 1. The number of H-pyrrole nitrogens is 1. The topological polar surface area (TPSA) is 61.9 Å². The number of rotatable bonds is 4. The molecule has 0 aliphatic carbocycles. The number of anilines is 1. The molecule has 0 atom stereocenters. The van der Waals surface area contributed by atoms with E-state index in [4.69, 9.17) is 0 Å². The minimum Gasteiger partial charge on any atom is -0.302 e. The average Bonchev–Trinajstić information content (AvgIpc) is 3.05. The van der Waals surface area contributed by atoms with E-state index in [-0.39, 0.29) is 11.4 Å². The number of carbonyl (C=O) groups excluding carboxylic acids is 1. The Bertz CT molecular complexity index is 780. The van der Waals surface area contributed by atoms with Crippen LogP contribution in [0.3, 0.4) is 0 Å². The van der Waals surface area contributed by atoms with Crippen molar-refractivity contribution in [1.82, 2.24) is 15.2 Å². The molecule has 0 saturated heterocycles. The second-order valence-corrected chi connectivity index (χ2v) is 7.46. The maximum Gasteiger partial charge on any atom is 0.238 e. The second-order valence-electron chi connectivity index (χ2n) is 6.49. The average molecular weight is 342 g/mol. The molecule has 1 aliphatic rings. The Morgan fingerprint density at radius 1 is 1.38 bits per heavy atom. The number of aryl methyl sites for hydroxylation is 1. The van der Waals surface area contributed by atoms with Gasteiger partial charge in [0.25, 0.3) is 0 Å². The molecule has 1 aromatic carbocycles. The summed E-state index contributed by atoms with van der Waals surface area (Å²) in [6.45, 7) is 8.41. The van der Waals surface area contributed by atoms with E-state index in [1.54, 1.807) is 0 Å². The number of amides is 1. The van der Waals surface area contributed by atoms with Gasteiger partial charge in [-0.1, -0.05) is 30.8 Å². The van der Waals surface area contributed by atoms with Crippen LogP contribution in [0.5, 0.6) is 0 Å². The van der Waals surface area contributed by atoms with Gasteiger partial charge in [-0.3, -0.25) is 9.89 Å². The number of nitrogens with zero attached hydrogens (tertiary/aromatic N) is 3. The summed E-state index contributed by atoms with van der Waals surface area (Å²) in [5.74, 6) is 0.385. The van der Waals surface area contributed by atoms with Gasteiger partial charge in [0, 0.05) is 5.56 Å². The number of hydrogen-bond donors (Lipinski definition) is 1. The molecule has 1 N–H and O–H groups in total. The molecule has 5 nitrogen and oxygen atoms in total. The van der Waals surface area contributed by atoms with Crippen molar-refractivity contribution < 1.29 is 4.79 Å². The highest BCUT2D eigenvalue weighted by Gasteiger charge is 2.35. The maximum atomic E-state index is 12.9. The first-order valence-corrected chi connectivity index (χ1v) is 9.05. The third kappa shape index (κ3) is 3.11. The van der Waals surface area contributed by atoms with E-state index in [2.05, 4.69) is 67.2 Å². The van der Waals surface area contributed by atoms with E-state index in [0.29, 0.717) is 10.9 Å². The van der Waals surface area contributed by atoms with Crippen molar-refractivity contribution in [1.29, 1.82) is 0 Å². The first kappa shape index (κ1) is 16.8. The van der Waals surface area contributed by atoms with Gasteiger partial charge in [-0.05, 0) is 50.5 Å². The lowest BCUT2D eigenvalue weighted by atomic mass is 9.87. The molecule has 126 valence electrons. The van der Waals surface area contributed by atoms with Crippen molar-refractivity contribution in [2.24, 2.45) is 0 Å². The van der Waals surface area contributed by atoms with Crippen LogP contribution in [-0.2, 0) is 11.2 Å². The smallest absolute Gasteiger partial charge is 0.238 e. The normalized spacial score (nSPS) is 15.8. The first-order chi connectivity index (χ1) is 11.4. The molecule has 1 aromatic heterocycles. The van der Waals surface area contributed by atoms with E-state index in [1.807, 2.05) is 4.90 Å². The highest BCUT2D eigenvalue weighted by molar-refractivity contribution is 7.99. The highest BCUT2D eigenvalue weighted by Crippen LogP contribution is 2.39. The van der Waals surface area contributed by atoms with Gasteiger partial charge in [-0.15, -0.1) is 0 Å². The van der Waals surface area contributed by atoms with Gasteiger partial charge in [0.15, 0.2) is 5.16 Å². The zero-order valence-corrected chi connectivity index (χ0v) is 15.3. The van der Waals surface area contributed by atoms with Crippen LogP contribution in [0.1, 0.15) is 38.8 Å². The van der Waals surface area contributed by atoms with Gasteiger partial charge >= 0.3 is 0 Å². The molecular formula is C18H22N4OS. The predicted octanol–water partition coefficient (Wildman–Crippen LogP) is 3.69. The molecule has 24 heavy (non-hydrogen) atoms. The highest BCUT2D eigenvalue weighted by atomic mass is 32.2. The van der Waals surface area contributed by atoms with Crippen LogP contribution >= 0.6 is 11.8 Å². The molecule has 0 radical (unpaired) electrons. The molecule has 0 saturated carbocycles. The monoisotopic (exact) mass is 342 g/mol. The van der Waals surface area contributed by atoms with Crippen molar-refractivity contribution in [2.75, 3.05) is 10.7 Å². The fraction of sp³-hybridized carbons (Fsp3) is 0.389. The van der Waals surface area contributed by atoms with E-state index >= 15 is 0 Å². The van der Waals surface area contributed by atoms with Crippen molar-refractivity contribution >= 4 is 28.9 Å². The Labute approximate surface area is 146 Å². The van der Waals surface area contributed by atoms with Gasteiger partial charge in [-0.2, -0.15) is 5.10 Å². The van der Waals surface area contributed by atoms with E-state index in [9.17, 15) is 4.79 Å². The molecule has 0 unspecified atom stereocenters. The summed E-state index contributed by atoms with van der Waals surface area (Å²) < 4.78 is 0. The summed E-state index contributed by atoms with van der Waals surface area (Å²) in [4.78, 5) is 18.9. The number of nitrogens with one attached hydrogen (secondary N) is 1. The van der Waals surface area contributed by atoms with Crippen molar-refractivity contribution in [2.45, 2.75) is 44.8 Å². The third-order valence-electron chi connectivity index (χ3n) is 4.26. The number of carbonyl (C=O) groups is 1.